The molecule has 0 aromatic heterocycles. The number of benzene rings is 3. The fraction of sp³-hybridized carbons (Fsp3) is 0.130. The first-order chi connectivity index (χ1) is 14.3. The van der Waals surface area contributed by atoms with Gasteiger partial charge in [0.2, 0.25) is 5.91 Å². The Bertz CT molecular complexity index is 1120. The number of nitrogens with zero attached hydrogens (tertiary/aromatic N) is 1. The maximum Gasteiger partial charge on any atom is 0.228 e. The Labute approximate surface area is 195 Å². The predicted octanol–water partition coefficient (Wildman–Crippen LogP) is 7.45. The standard InChI is InChI=1S/C23H16Cl4N2O/c1-13-9-16(18(12-28)14-5-7-15(24)8-6-14)21(27)11-22(13)29-23(30)10-17-19(25)3-2-4-20(17)26/h2-9,11,18H,10H2,1H3,(H,29,30). The summed E-state index contributed by atoms with van der Waals surface area (Å²) in [6, 6.07) is 17.9. The molecule has 0 radical (unpaired) electrons. The van der Waals surface area contributed by atoms with Crippen LogP contribution >= 0.6 is 46.4 Å². The van der Waals surface area contributed by atoms with Gasteiger partial charge < -0.3 is 5.32 Å². The highest BCUT2D eigenvalue weighted by Gasteiger charge is 2.19. The Balaban J connectivity index is 1.84. The lowest BCUT2D eigenvalue weighted by Gasteiger charge is -2.16. The fourth-order valence-electron chi connectivity index (χ4n) is 3.09. The van der Waals surface area contributed by atoms with Gasteiger partial charge in [-0.05, 0) is 59.5 Å². The van der Waals surface area contributed by atoms with Gasteiger partial charge in [0, 0.05) is 25.8 Å². The van der Waals surface area contributed by atoms with Gasteiger partial charge in [0.15, 0.2) is 0 Å². The molecule has 1 atom stereocenters. The predicted molar refractivity (Wildman–Crippen MR) is 124 cm³/mol. The lowest BCUT2D eigenvalue weighted by Crippen LogP contribution is -2.16. The van der Waals surface area contributed by atoms with Crippen LogP contribution in [0.3, 0.4) is 0 Å². The molecular weight excluding hydrogens is 462 g/mol. The quantitative estimate of drug-likeness (QED) is 0.414. The molecule has 3 rings (SSSR count). The summed E-state index contributed by atoms with van der Waals surface area (Å²) >= 11 is 24.7. The minimum absolute atomic E-state index is 0.0307. The topological polar surface area (TPSA) is 52.9 Å². The molecule has 1 N–H and O–H groups in total. The van der Waals surface area contributed by atoms with Crippen LogP contribution in [0.4, 0.5) is 5.69 Å². The third-order valence-corrected chi connectivity index (χ3v) is 5.95. The van der Waals surface area contributed by atoms with Gasteiger partial charge in [-0.3, -0.25) is 4.79 Å². The van der Waals surface area contributed by atoms with Crippen molar-refractivity contribution in [3.05, 3.63) is 96.9 Å². The molecule has 30 heavy (non-hydrogen) atoms. The van der Waals surface area contributed by atoms with Crippen LogP contribution in [0.5, 0.6) is 0 Å². The van der Waals surface area contributed by atoms with Crippen LogP contribution in [0.25, 0.3) is 0 Å². The number of halogens is 4. The van der Waals surface area contributed by atoms with Crippen LogP contribution in [0, 0.1) is 18.3 Å². The molecule has 0 aliphatic rings. The molecule has 0 saturated heterocycles. The van der Waals surface area contributed by atoms with Crippen molar-refractivity contribution < 1.29 is 4.79 Å². The first-order valence-corrected chi connectivity index (χ1v) is 10.5. The van der Waals surface area contributed by atoms with Gasteiger partial charge in [-0.1, -0.05) is 70.7 Å². The average Bonchev–Trinajstić information content (AvgIpc) is 2.70. The van der Waals surface area contributed by atoms with E-state index < -0.39 is 5.92 Å². The van der Waals surface area contributed by atoms with Crippen LogP contribution in [-0.2, 0) is 11.2 Å². The monoisotopic (exact) mass is 476 g/mol. The summed E-state index contributed by atoms with van der Waals surface area (Å²) in [5.74, 6) is -0.827. The third kappa shape index (κ3) is 5.09. The first-order valence-electron chi connectivity index (χ1n) is 8.98. The van der Waals surface area contributed by atoms with Gasteiger partial charge in [-0.25, -0.2) is 0 Å². The lowest BCUT2D eigenvalue weighted by atomic mass is 9.91. The molecule has 3 aromatic rings. The van der Waals surface area contributed by atoms with Crippen molar-refractivity contribution in [3.8, 4) is 6.07 Å². The number of nitrogens with one attached hydrogen (secondary N) is 1. The minimum Gasteiger partial charge on any atom is -0.326 e. The summed E-state index contributed by atoms with van der Waals surface area (Å²) in [6.07, 6.45) is 0.0307. The van der Waals surface area contributed by atoms with E-state index in [4.69, 9.17) is 46.4 Å². The maximum absolute atomic E-state index is 12.5. The van der Waals surface area contributed by atoms with Gasteiger partial charge in [-0.2, -0.15) is 5.26 Å². The summed E-state index contributed by atoms with van der Waals surface area (Å²) in [5, 5.41) is 14.4. The smallest absolute Gasteiger partial charge is 0.228 e. The number of aryl methyl sites for hydroxylation is 1. The number of anilines is 1. The van der Waals surface area contributed by atoms with Crippen LogP contribution in [0.1, 0.15) is 28.2 Å². The molecule has 0 fully saturated rings. The number of carbonyl (C=O) groups is 1. The van der Waals surface area contributed by atoms with E-state index >= 15 is 0 Å². The molecule has 0 saturated carbocycles. The molecule has 7 heteroatoms. The van der Waals surface area contributed by atoms with E-state index in [1.54, 1.807) is 48.5 Å². The van der Waals surface area contributed by atoms with Crippen molar-refractivity contribution in [1.82, 2.24) is 0 Å². The summed E-state index contributed by atoms with van der Waals surface area (Å²) < 4.78 is 0. The lowest BCUT2D eigenvalue weighted by molar-refractivity contribution is -0.115. The summed E-state index contributed by atoms with van der Waals surface area (Å²) in [7, 11) is 0. The molecule has 0 aliphatic carbocycles. The molecule has 0 heterocycles. The minimum atomic E-state index is -0.555. The Kier molecular flexibility index (Phi) is 7.28. The van der Waals surface area contributed by atoms with Crippen molar-refractivity contribution in [2.24, 2.45) is 0 Å². The highest BCUT2D eigenvalue weighted by atomic mass is 35.5. The second-order valence-electron chi connectivity index (χ2n) is 6.73. The third-order valence-electron chi connectivity index (χ3n) is 4.66. The zero-order valence-corrected chi connectivity index (χ0v) is 18.9. The van der Waals surface area contributed by atoms with Crippen LogP contribution in [0.2, 0.25) is 20.1 Å². The van der Waals surface area contributed by atoms with Crippen molar-refractivity contribution in [2.45, 2.75) is 19.3 Å². The summed E-state index contributed by atoms with van der Waals surface area (Å²) in [6.45, 7) is 1.84. The number of hydrogen-bond donors (Lipinski definition) is 1. The van der Waals surface area contributed by atoms with Gasteiger partial charge in [-0.15, -0.1) is 0 Å². The molecule has 3 nitrogen and oxygen atoms in total. The van der Waals surface area contributed by atoms with E-state index in [0.29, 0.717) is 36.9 Å². The number of rotatable bonds is 5. The highest BCUT2D eigenvalue weighted by molar-refractivity contribution is 6.36. The number of carbonyl (C=O) groups excluding carboxylic acids is 1. The Morgan fingerprint density at radius 2 is 1.63 bits per heavy atom. The van der Waals surface area contributed by atoms with Crippen molar-refractivity contribution in [3.63, 3.8) is 0 Å². The normalized spacial score (nSPS) is 11.6. The molecule has 1 unspecified atom stereocenters. The number of nitriles is 1. The highest BCUT2D eigenvalue weighted by Crippen LogP contribution is 2.34. The molecule has 0 aliphatic heterocycles. The number of hydrogen-bond acceptors (Lipinski definition) is 2. The van der Waals surface area contributed by atoms with Gasteiger partial charge in [0.05, 0.1) is 18.4 Å². The molecular formula is C23H16Cl4N2O. The average molecular weight is 478 g/mol. The molecule has 0 spiro atoms. The van der Waals surface area contributed by atoms with E-state index in [2.05, 4.69) is 11.4 Å². The fourth-order valence-corrected chi connectivity index (χ4v) is 4.02. The van der Waals surface area contributed by atoms with E-state index in [9.17, 15) is 10.1 Å². The maximum atomic E-state index is 12.5. The Morgan fingerprint density at radius 3 is 2.23 bits per heavy atom. The number of amides is 1. The van der Waals surface area contributed by atoms with Crippen LogP contribution in [-0.4, -0.2) is 5.91 Å². The Hall–Kier alpha value is -2.22. The van der Waals surface area contributed by atoms with E-state index in [1.165, 1.54) is 0 Å². The largest absolute Gasteiger partial charge is 0.326 e. The SMILES string of the molecule is Cc1cc(C(C#N)c2ccc(Cl)cc2)c(Cl)cc1NC(=O)Cc1c(Cl)cccc1Cl. The van der Waals surface area contributed by atoms with E-state index in [1.807, 2.05) is 13.0 Å². The second kappa shape index (κ2) is 9.73. The van der Waals surface area contributed by atoms with Crippen LogP contribution < -0.4 is 5.32 Å². The molecule has 152 valence electrons. The van der Waals surface area contributed by atoms with Gasteiger partial charge in [0.25, 0.3) is 0 Å². The molecule has 1 amide bonds. The van der Waals surface area contributed by atoms with E-state index in [-0.39, 0.29) is 12.3 Å². The van der Waals surface area contributed by atoms with Crippen molar-refractivity contribution in [2.75, 3.05) is 5.32 Å². The molecule has 0 bridgehead atoms. The van der Waals surface area contributed by atoms with Gasteiger partial charge >= 0.3 is 0 Å². The summed E-state index contributed by atoms with van der Waals surface area (Å²) in [4.78, 5) is 12.5. The van der Waals surface area contributed by atoms with Crippen LogP contribution in [0.15, 0.2) is 54.6 Å². The second-order valence-corrected chi connectivity index (χ2v) is 8.39. The summed E-state index contributed by atoms with van der Waals surface area (Å²) in [5.41, 5.74) is 3.34. The Morgan fingerprint density at radius 1 is 1.00 bits per heavy atom. The van der Waals surface area contributed by atoms with Gasteiger partial charge in [0.1, 0.15) is 0 Å². The zero-order chi connectivity index (χ0) is 21.8. The van der Waals surface area contributed by atoms with E-state index in [0.717, 1.165) is 11.1 Å². The van der Waals surface area contributed by atoms with Crippen molar-refractivity contribution >= 4 is 58.0 Å². The van der Waals surface area contributed by atoms with Crippen molar-refractivity contribution in [1.29, 1.82) is 5.26 Å². The molecule has 3 aromatic carbocycles. The first kappa shape index (κ1) is 22.5. The zero-order valence-electron chi connectivity index (χ0n) is 15.8.